The van der Waals surface area contributed by atoms with E-state index < -0.39 is 0 Å². The second-order valence-corrected chi connectivity index (χ2v) is 7.53. The number of carbonyl (C=O) groups excluding carboxylic acids is 1. The van der Waals surface area contributed by atoms with E-state index in [4.69, 9.17) is 10.8 Å². The molecule has 2 aromatic rings. The predicted molar refractivity (Wildman–Crippen MR) is 104 cm³/mol. The minimum Gasteiger partial charge on any atom is -0.341 e. The van der Waals surface area contributed by atoms with E-state index in [1.54, 1.807) is 0 Å². The number of benzene rings is 1. The standard InChI is InChI=1S/C21H30N4O/c1-15-6-8-18(9-7-15)13-25-17(3)20(16(2)23-25)10-11-21(26)24-12-4-5-19(22)14-24/h6-9,19H,4-5,10-14,22H2,1-3H3. The minimum absolute atomic E-state index is 0.133. The van der Waals surface area contributed by atoms with Crippen LogP contribution in [0.5, 0.6) is 0 Å². The second-order valence-electron chi connectivity index (χ2n) is 7.53. The third-order valence-corrected chi connectivity index (χ3v) is 5.38. The summed E-state index contributed by atoms with van der Waals surface area (Å²) in [5.74, 6) is 0.213. The Balaban J connectivity index is 1.64. The van der Waals surface area contributed by atoms with Gasteiger partial charge in [0.05, 0.1) is 12.2 Å². The summed E-state index contributed by atoms with van der Waals surface area (Å²) < 4.78 is 2.05. The summed E-state index contributed by atoms with van der Waals surface area (Å²) in [6, 6.07) is 8.69. The van der Waals surface area contributed by atoms with E-state index in [9.17, 15) is 4.79 Å². The predicted octanol–water partition coefficient (Wildman–Crippen LogP) is 2.74. The first kappa shape index (κ1) is 18.6. The van der Waals surface area contributed by atoms with Gasteiger partial charge in [-0.3, -0.25) is 9.48 Å². The zero-order valence-electron chi connectivity index (χ0n) is 16.2. The number of piperidine rings is 1. The summed E-state index contributed by atoms with van der Waals surface area (Å²) in [7, 11) is 0. The van der Waals surface area contributed by atoms with Crippen molar-refractivity contribution in [2.45, 2.75) is 59.0 Å². The highest BCUT2D eigenvalue weighted by Crippen LogP contribution is 2.18. The topological polar surface area (TPSA) is 64.2 Å². The largest absolute Gasteiger partial charge is 0.341 e. The fourth-order valence-corrected chi connectivity index (χ4v) is 3.74. The lowest BCUT2D eigenvalue weighted by molar-refractivity contribution is -0.132. The molecule has 0 aliphatic carbocycles. The summed E-state index contributed by atoms with van der Waals surface area (Å²) in [6.07, 6.45) is 3.31. The zero-order valence-corrected chi connectivity index (χ0v) is 16.2. The Bertz CT molecular complexity index is 763. The Labute approximate surface area is 156 Å². The van der Waals surface area contributed by atoms with E-state index >= 15 is 0 Å². The monoisotopic (exact) mass is 354 g/mol. The van der Waals surface area contributed by atoms with Crippen molar-refractivity contribution >= 4 is 5.91 Å². The molecule has 5 nitrogen and oxygen atoms in total. The van der Waals surface area contributed by atoms with Gasteiger partial charge in [0.1, 0.15) is 0 Å². The summed E-state index contributed by atoms with van der Waals surface area (Å²) in [4.78, 5) is 14.4. The lowest BCUT2D eigenvalue weighted by Crippen LogP contribution is -2.45. The van der Waals surface area contributed by atoms with Crippen molar-refractivity contribution in [2.75, 3.05) is 13.1 Å². The van der Waals surface area contributed by atoms with Gasteiger partial charge in [-0.1, -0.05) is 29.8 Å². The molecule has 140 valence electrons. The normalized spacial score (nSPS) is 17.5. The zero-order chi connectivity index (χ0) is 18.7. The van der Waals surface area contributed by atoms with E-state index in [-0.39, 0.29) is 11.9 Å². The lowest BCUT2D eigenvalue weighted by Gasteiger charge is -2.30. The van der Waals surface area contributed by atoms with E-state index in [1.165, 1.54) is 16.7 Å². The lowest BCUT2D eigenvalue weighted by atomic mass is 10.0. The molecule has 2 heterocycles. The molecule has 1 aromatic carbocycles. The number of carbonyl (C=O) groups is 1. The minimum atomic E-state index is 0.133. The molecular formula is C21H30N4O. The SMILES string of the molecule is Cc1ccc(Cn2nc(C)c(CCC(=O)N3CCCC(N)C3)c2C)cc1. The van der Waals surface area contributed by atoms with Crippen LogP contribution in [0.4, 0.5) is 0 Å². The van der Waals surface area contributed by atoms with Gasteiger partial charge < -0.3 is 10.6 Å². The van der Waals surface area contributed by atoms with Gasteiger partial charge in [-0.15, -0.1) is 0 Å². The van der Waals surface area contributed by atoms with Crippen LogP contribution in [0.1, 0.15) is 47.3 Å². The van der Waals surface area contributed by atoms with Crippen LogP contribution < -0.4 is 5.73 Å². The molecule has 5 heteroatoms. The maximum Gasteiger partial charge on any atom is 0.222 e. The molecule has 0 bridgehead atoms. The van der Waals surface area contributed by atoms with Crippen molar-refractivity contribution in [1.29, 1.82) is 0 Å². The Morgan fingerprint density at radius 2 is 1.96 bits per heavy atom. The van der Waals surface area contributed by atoms with Crippen LogP contribution in [-0.4, -0.2) is 39.7 Å². The van der Waals surface area contributed by atoms with Crippen molar-refractivity contribution in [1.82, 2.24) is 14.7 Å². The van der Waals surface area contributed by atoms with Gasteiger partial charge in [0.2, 0.25) is 5.91 Å². The molecule has 26 heavy (non-hydrogen) atoms. The average Bonchev–Trinajstić information content (AvgIpc) is 2.88. The number of likely N-dealkylation sites (tertiary alicyclic amines) is 1. The third-order valence-electron chi connectivity index (χ3n) is 5.38. The van der Waals surface area contributed by atoms with Crippen LogP contribution in [0.15, 0.2) is 24.3 Å². The van der Waals surface area contributed by atoms with Crippen LogP contribution in [0.2, 0.25) is 0 Å². The molecule has 1 fully saturated rings. The number of aromatic nitrogens is 2. The maximum atomic E-state index is 12.5. The third kappa shape index (κ3) is 4.33. The van der Waals surface area contributed by atoms with Gasteiger partial charge in [-0.25, -0.2) is 0 Å². The van der Waals surface area contributed by atoms with Crippen LogP contribution in [0, 0.1) is 20.8 Å². The van der Waals surface area contributed by atoms with Crippen LogP contribution in [0.3, 0.4) is 0 Å². The van der Waals surface area contributed by atoms with E-state index in [2.05, 4.69) is 42.8 Å². The Morgan fingerprint density at radius 1 is 1.23 bits per heavy atom. The van der Waals surface area contributed by atoms with Crippen LogP contribution >= 0.6 is 0 Å². The second kappa shape index (κ2) is 8.04. The molecule has 0 radical (unpaired) electrons. The summed E-state index contributed by atoms with van der Waals surface area (Å²) in [5.41, 5.74) is 11.9. The van der Waals surface area contributed by atoms with Gasteiger partial charge >= 0.3 is 0 Å². The molecule has 1 aliphatic heterocycles. The Hall–Kier alpha value is -2.14. The smallest absolute Gasteiger partial charge is 0.222 e. The number of nitrogens with two attached hydrogens (primary N) is 1. The molecule has 3 rings (SSSR count). The summed E-state index contributed by atoms with van der Waals surface area (Å²) in [6.45, 7) is 8.54. The fraction of sp³-hybridized carbons (Fsp3) is 0.524. The van der Waals surface area contributed by atoms with E-state index in [1.807, 2.05) is 11.8 Å². The van der Waals surface area contributed by atoms with Crippen molar-refractivity contribution in [3.05, 3.63) is 52.3 Å². The van der Waals surface area contributed by atoms with Crippen molar-refractivity contribution < 1.29 is 4.79 Å². The highest BCUT2D eigenvalue weighted by molar-refractivity contribution is 5.76. The van der Waals surface area contributed by atoms with Gasteiger partial charge in [0, 0.05) is 31.2 Å². The number of aryl methyl sites for hydroxylation is 2. The number of nitrogens with zero attached hydrogens (tertiary/aromatic N) is 3. The average molecular weight is 354 g/mol. The number of hydrogen-bond donors (Lipinski definition) is 1. The molecule has 0 spiro atoms. The van der Waals surface area contributed by atoms with Crippen molar-refractivity contribution in [3.63, 3.8) is 0 Å². The molecule has 1 unspecified atom stereocenters. The van der Waals surface area contributed by atoms with Gasteiger partial charge in [-0.2, -0.15) is 5.10 Å². The van der Waals surface area contributed by atoms with Gasteiger partial charge in [0.25, 0.3) is 0 Å². The number of amides is 1. The summed E-state index contributed by atoms with van der Waals surface area (Å²) >= 11 is 0. The first-order valence-electron chi connectivity index (χ1n) is 9.56. The van der Waals surface area contributed by atoms with Crippen LogP contribution in [0.25, 0.3) is 0 Å². The molecule has 1 atom stereocenters. The first-order valence-corrected chi connectivity index (χ1v) is 9.56. The van der Waals surface area contributed by atoms with Gasteiger partial charge in [-0.05, 0) is 51.2 Å². The summed E-state index contributed by atoms with van der Waals surface area (Å²) in [5, 5.41) is 4.70. The first-order chi connectivity index (χ1) is 12.4. The van der Waals surface area contributed by atoms with E-state index in [0.29, 0.717) is 13.0 Å². The fourth-order valence-electron chi connectivity index (χ4n) is 3.74. The Morgan fingerprint density at radius 3 is 2.65 bits per heavy atom. The molecule has 1 saturated heterocycles. The highest BCUT2D eigenvalue weighted by Gasteiger charge is 2.22. The quantitative estimate of drug-likeness (QED) is 0.898. The molecule has 1 aromatic heterocycles. The number of rotatable bonds is 5. The van der Waals surface area contributed by atoms with Gasteiger partial charge in [0.15, 0.2) is 0 Å². The van der Waals surface area contributed by atoms with E-state index in [0.717, 1.165) is 43.7 Å². The maximum absolute atomic E-state index is 12.5. The highest BCUT2D eigenvalue weighted by atomic mass is 16.2. The molecule has 0 saturated carbocycles. The molecule has 1 aliphatic rings. The van der Waals surface area contributed by atoms with Crippen molar-refractivity contribution in [2.24, 2.45) is 5.73 Å². The van der Waals surface area contributed by atoms with Crippen LogP contribution in [-0.2, 0) is 17.8 Å². The van der Waals surface area contributed by atoms with Crippen molar-refractivity contribution in [3.8, 4) is 0 Å². The Kier molecular flexibility index (Phi) is 5.77. The molecule has 1 amide bonds. The molecular weight excluding hydrogens is 324 g/mol. The number of hydrogen-bond acceptors (Lipinski definition) is 3. The molecule has 2 N–H and O–H groups in total.